The monoisotopic (exact) mass is 244 g/mol. The van der Waals surface area contributed by atoms with Crippen molar-refractivity contribution in [1.82, 2.24) is 0 Å². The lowest BCUT2D eigenvalue weighted by Gasteiger charge is -2.06. The van der Waals surface area contributed by atoms with Gasteiger partial charge in [0.15, 0.2) is 5.78 Å². The van der Waals surface area contributed by atoms with Crippen molar-refractivity contribution in [3.05, 3.63) is 41.0 Å². The molecule has 0 unspecified atom stereocenters. The summed E-state index contributed by atoms with van der Waals surface area (Å²) in [6, 6.07) is 7.36. The number of ketones is 1. The molecule has 1 atom stereocenters. The van der Waals surface area contributed by atoms with E-state index in [4.69, 9.17) is 5.11 Å². The number of carbonyl (C=O) groups excluding carboxylic acids is 1. The van der Waals surface area contributed by atoms with Crippen molar-refractivity contribution >= 4 is 17.8 Å². The van der Waals surface area contributed by atoms with Crippen molar-refractivity contribution in [3.63, 3.8) is 0 Å². The maximum absolute atomic E-state index is 11.5. The molecule has 1 fully saturated rings. The summed E-state index contributed by atoms with van der Waals surface area (Å²) in [5.41, 5.74) is 2.62. The molecule has 3 heteroatoms. The molecule has 2 rings (SSSR count). The van der Waals surface area contributed by atoms with Crippen LogP contribution in [0, 0.1) is 0 Å². The maximum atomic E-state index is 11.5. The Balaban J connectivity index is 2.18. The van der Waals surface area contributed by atoms with E-state index in [2.05, 4.69) is 0 Å². The minimum atomic E-state index is -0.827. The number of rotatable bonds is 3. The standard InChI is InChI=1S/C15H16O3/c1-10(15(17)18)12-7-5-11(6-8-12)9-13-3-2-4-14(13)16/h5-10H,2-4H2,1H3,(H,17,18)/b13-9-/t10-/m1/s1. The molecule has 0 aliphatic heterocycles. The average Bonchev–Trinajstić information content (AvgIpc) is 2.75. The molecule has 1 aliphatic rings. The third-order valence-corrected chi connectivity index (χ3v) is 3.36. The summed E-state index contributed by atoms with van der Waals surface area (Å²) in [6.45, 7) is 1.66. The first-order chi connectivity index (χ1) is 8.58. The molecule has 0 aromatic heterocycles. The van der Waals surface area contributed by atoms with Gasteiger partial charge in [-0.15, -0.1) is 0 Å². The average molecular weight is 244 g/mol. The van der Waals surface area contributed by atoms with Crippen LogP contribution < -0.4 is 0 Å². The number of carboxylic acids is 1. The molecule has 0 spiro atoms. The van der Waals surface area contributed by atoms with E-state index in [0.717, 1.165) is 29.5 Å². The number of hydrogen-bond donors (Lipinski definition) is 1. The Morgan fingerprint density at radius 3 is 2.44 bits per heavy atom. The third kappa shape index (κ3) is 2.67. The number of allylic oxidation sites excluding steroid dienone is 1. The molecule has 0 bridgehead atoms. The quantitative estimate of drug-likeness (QED) is 0.831. The Labute approximate surface area is 106 Å². The molecule has 1 aromatic rings. The molecule has 94 valence electrons. The summed E-state index contributed by atoms with van der Waals surface area (Å²) >= 11 is 0. The van der Waals surface area contributed by atoms with E-state index in [1.165, 1.54) is 0 Å². The summed E-state index contributed by atoms with van der Waals surface area (Å²) < 4.78 is 0. The van der Waals surface area contributed by atoms with Gasteiger partial charge in [-0.25, -0.2) is 0 Å². The third-order valence-electron chi connectivity index (χ3n) is 3.36. The molecule has 1 saturated carbocycles. The predicted molar refractivity (Wildman–Crippen MR) is 69.3 cm³/mol. The molecule has 3 nitrogen and oxygen atoms in total. The highest BCUT2D eigenvalue weighted by Gasteiger charge is 2.17. The van der Waals surface area contributed by atoms with Gasteiger partial charge >= 0.3 is 5.97 Å². The van der Waals surface area contributed by atoms with Crippen molar-refractivity contribution in [2.45, 2.75) is 32.1 Å². The molecule has 0 amide bonds. The highest BCUT2D eigenvalue weighted by Crippen LogP contribution is 2.23. The van der Waals surface area contributed by atoms with Crippen molar-refractivity contribution in [3.8, 4) is 0 Å². The van der Waals surface area contributed by atoms with Crippen LogP contribution in [0.15, 0.2) is 29.8 Å². The highest BCUT2D eigenvalue weighted by atomic mass is 16.4. The van der Waals surface area contributed by atoms with E-state index in [1.54, 1.807) is 6.92 Å². The first-order valence-electron chi connectivity index (χ1n) is 6.14. The minimum absolute atomic E-state index is 0.234. The van der Waals surface area contributed by atoms with Crippen LogP contribution in [-0.2, 0) is 9.59 Å². The van der Waals surface area contributed by atoms with Gasteiger partial charge in [-0.3, -0.25) is 9.59 Å². The zero-order valence-electron chi connectivity index (χ0n) is 10.3. The van der Waals surface area contributed by atoms with Crippen LogP contribution in [0.5, 0.6) is 0 Å². The Morgan fingerprint density at radius 1 is 1.28 bits per heavy atom. The van der Waals surface area contributed by atoms with Crippen LogP contribution in [0.2, 0.25) is 0 Å². The number of carboxylic acid groups (broad SMARTS) is 1. The fourth-order valence-electron chi connectivity index (χ4n) is 2.12. The second-order valence-electron chi connectivity index (χ2n) is 4.67. The lowest BCUT2D eigenvalue weighted by molar-refractivity contribution is -0.138. The van der Waals surface area contributed by atoms with E-state index >= 15 is 0 Å². The predicted octanol–water partition coefficient (Wildman–Crippen LogP) is 3.01. The summed E-state index contributed by atoms with van der Waals surface area (Å²) in [5, 5.41) is 8.91. The zero-order valence-corrected chi connectivity index (χ0v) is 10.3. The minimum Gasteiger partial charge on any atom is -0.481 e. The van der Waals surface area contributed by atoms with Crippen LogP contribution in [0.25, 0.3) is 6.08 Å². The lowest BCUT2D eigenvalue weighted by atomic mass is 9.99. The van der Waals surface area contributed by atoms with Gasteiger partial charge in [0.05, 0.1) is 5.92 Å². The number of hydrogen-bond acceptors (Lipinski definition) is 2. The largest absolute Gasteiger partial charge is 0.481 e. The van der Waals surface area contributed by atoms with Crippen molar-refractivity contribution in [2.24, 2.45) is 0 Å². The lowest BCUT2D eigenvalue weighted by Crippen LogP contribution is -2.06. The number of carbonyl (C=O) groups is 2. The Hall–Kier alpha value is -1.90. The molecule has 0 saturated heterocycles. The van der Waals surface area contributed by atoms with Gasteiger partial charge in [-0.2, -0.15) is 0 Å². The first-order valence-corrected chi connectivity index (χ1v) is 6.14. The first kappa shape index (κ1) is 12.6. The summed E-state index contributed by atoms with van der Waals surface area (Å²) in [4.78, 5) is 22.3. The SMILES string of the molecule is C[C@@H](C(=O)O)c1ccc(/C=C2/CCCC2=O)cc1. The number of Topliss-reactive ketones (excluding diaryl/α,β-unsaturated/α-hetero) is 1. The van der Waals surface area contributed by atoms with Crippen LogP contribution in [0.3, 0.4) is 0 Å². The van der Waals surface area contributed by atoms with Gasteiger partial charge in [0.2, 0.25) is 0 Å². The van der Waals surface area contributed by atoms with E-state index in [0.29, 0.717) is 6.42 Å². The smallest absolute Gasteiger partial charge is 0.310 e. The molecular weight excluding hydrogens is 228 g/mol. The van der Waals surface area contributed by atoms with E-state index in [-0.39, 0.29) is 5.78 Å². The van der Waals surface area contributed by atoms with Crippen LogP contribution in [-0.4, -0.2) is 16.9 Å². The number of aliphatic carboxylic acids is 1. The molecule has 1 aromatic carbocycles. The van der Waals surface area contributed by atoms with Crippen molar-refractivity contribution < 1.29 is 14.7 Å². The summed E-state index contributed by atoms with van der Waals surface area (Å²) in [7, 11) is 0. The second-order valence-corrected chi connectivity index (χ2v) is 4.67. The Morgan fingerprint density at radius 2 is 1.94 bits per heavy atom. The van der Waals surface area contributed by atoms with Gasteiger partial charge in [0.1, 0.15) is 0 Å². The van der Waals surface area contributed by atoms with E-state index in [9.17, 15) is 9.59 Å². The van der Waals surface area contributed by atoms with Crippen molar-refractivity contribution in [1.29, 1.82) is 0 Å². The number of benzene rings is 1. The maximum Gasteiger partial charge on any atom is 0.310 e. The molecule has 18 heavy (non-hydrogen) atoms. The van der Waals surface area contributed by atoms with Crippen LogP contribution in [0.1, 0.15) is 43.2 Å². The Kier molecular flexibility index (Phi) is 3.60. The molecule has 1 N–H and O–H groups in total. The second kappa shape index (κ2) is 5.17. The molecule has 0 heterocycles. The van der Waals surface area contributed by atoms with Crippen LogP contribution >= 0.6 is 0 Å². The van der Waals surface area contributed by atoms with Gasteiger partial charge in [-0.1, -0.05) is 24.3 Å². The van der Waals surface area contributed by atoms with Gasteiger partial charge in [-0.05, 0) is 42.5 Å². The van der Waals surface area contributed by atoms with E-state index in [1.807, 2.05) is 30.3 Å². The zero-order chi connectivity index (χ0) is 13.1. The topological polar surface area (TPSA) is 54.4 Å². The fraction of sp³-hybridized carbons (Fsp3) is 0.333. The van der Waals surface area contributed by atoms with Gasteiger partial charge in [0.25, 0.3) is 0 Å². The molecular formula is C15H16O3. The molecule has 1 aliphatic carbocycles. The summed E-state index contributed by atoms with van der Waals surface area (Å²) in [6.07, 6.45) is 4.36. The molecule has 0 radical (unpaired) electrons. The van der Waals surface area contributed by atoms with E-state index < -0.39 is 11.9 Å². The highest BCUT2D eigenvalue weighted by molar-refractivity contribution is 6.01. The summed E-state index contributed by atoms with van der Waals surface area (Å²) in [5.74, 6) is -1.09. The van der Waals surface area contributed by atoms with Crippen LogP contribution in [0.4, 0.5) is 0 Å². The van der Waals surface area contributed by atoms with Gasteiger partial charge < -0.3 is 5.11 Å². The van der Waals surface area contributed by atoms with Crippen molar-refractivity contribution in [2.75, 3.05) is 0 Å². The fourth-order valence-corrected chi connectivity index (χ4v) is 2.12. The van der Waals surface area contributed by atoms with Gasteiger partial charge in [0, 0.05) is 6.42 Å². The Bertz CT molecular complexity index is 497. The normalized spacial score (nSPS) is 19.2.